The largest absolute Gasteiger partial charge is 0.383 e. The van der Waals surface area contributed by atoms with Crippen molar-refractivity contribution in [2.24, 2.45) is 0 Å². The summed E-state index contributed by atoms with van der Waals surface area (Å²) in [6.07, 6.45) is 9.00. The predicted molar refractivity (Wildman–Crippen MR) is 134 cm³/mol. The Hall–Kier alpha value is -2.57. The number of aromatic nitrogens is 6. The highest BCUT2D eigenvalue weighted by molar-refractivity contribution is 5.51. The number of hydrogen-bond donors (Lipinski definition) is 5. The smallest absolute Gasteiger partial charge is 0.226 e. The van der Waals surface area contributed by atoms with Crippen molar-refractivity contribution in [3.05, 3.63) is 11.9 Å². The minimum absolute atomic E-state index is 0.399. The molecule has 2 fully saturated rings. The monoisotopic (exact) mass is 472 g/mol. The van der Waals surface area contributed by atoms with E-state index < -0.39 is 0 Å². The van der Waals surface area contributed by atoms with Gasteiger partial charge in [0.1, 0.15) is 11.6 Å². The molecule has 0 aromatic carbocycles. The van der Waals surface area contributed by atoms with Crippen molar-refractivity contribution in [3.63, 3.8) is 0 Å². The first kappa shape index (κ1) is 24.6. The van der Waals surface area contributed by atoms with Crippen molar-refractivity contribution in [3.8, 4) is 0 Å². The number of aryl methyl sites for hydroxylation is 1. The maximum atomic E-state index is 5.99. The molecule has 0 radical (unpaired) electrons. The molecular weight excluding hydrogens is 432 g/mol. The van der Waals surface area contributed by atoms with Crippen LogP contribution in [-0.4, -0.2) is 82.0 Å². The lowest BCUT2D eigenvalue weighted by atomic mass is 9.95. The number of nitrogen functional groups attached to an aromatic ring is 1. The molecular formula is C22H40N12. The molecule has 0 amide bonds. The molecule has 188 valence electrons. The predicted octanol–water partition coefficient (Wildman–Crippen LogP) is 0.359. The van der Waals surface area contributed by atoms with Crippen molar-refractivity contribution < 1.29 is 0 Å². The average molecular weight is 473 g/mol. The van der Waals surface area contributed by atoms with Crippen LogP contribution in [-0.2, 0) is 13.1 Å². The minimum atomic E-state index is 0.399. The Kier molecular flexibility index (Phi) is 9.64. The van der Waals surface area contributed by atoms with Gasteiger partial charge in [0.15, 0.2) is 5.82 Å². The standard InChI is InChI=1S/C22H40N12/c23-19-16-21(33-14-11-25-12-15-33)29-22(28-19)27-17-20-30-32-34(31-20)13-5-9-24-8-4-10-26-18-6-2-1-3-7-18/h16,18,24-26H,1-15,17H2,(H3,23,27,28,29). The first-order chi connectivity index (χ1) is 16.8. The van der Waals surface area contributed by atoms with Gasteiger partial charge in [0, 0.05) is 38.3 Å². The number of tetrazole rings is 1. The number of nitrogens with zero attached hydrogens (tertiary/aromatic N) is 7. The molecule has 1 aliphatic heterocycles. The molecule has 34 heavy (non-hydrogen) atoms. The van der Waals surface area contributed by atoms with Gasteiger partial charge in [0.25, 0.3) is 0 Å². The third kappa shape index (κ3) is 8.03. The van der Waals surface area contributed by atoms with Crippen molar-refractivity contribution >= 4 is 17.6 Å². The second-order valence-electron chi connectivity index (χ2n) is 9.11. The molecule has 1 saturated heterocycles. The summed E-state index contributed by atoms with van der Waals surface area (Å²) < 4.78 is 0. The van der Waals surface area contributed by atoms with Gasteiger partial charge in [-0.2, -0.15) is 14.8 Å². The Morgan fingerprint density at radius 1 is 1.03 bits per heavy atom. The van der Waals surface area contributed by atoms with Crippen molar-refractivity contribution in [2.45, 2.75) is 64.1 Å². The Balaban J connectivity index is 1.10. The summed E-state index contributed by atoms with van der Waals surface area (Å²) in [5.41, 5.74) is 5.99. The van der Waals surface area contributed by atoms with E-state index in [1.165, 1.54) is 32.1 Å². The molecule has 1 saturated carbocycles. The lowest BCUT2D eigenvalue weighted by Crippen LogP contribution is -2.44. The summed E-state index contributed by atoms with van der Waals surface area (Å²) in [5, 5.41) is 26.4. The zero-order chi connectivity index (χ0) is 23.4. The summed E-state index contributed by atoms with van der Waals surface area (Å²) in [6.45, 7) is 7.90. The average Bonchev–Trinajstić information content (AvgIpc) is 3.33. The highest BCUT2D eigenvalue weighted by atomic mass is 15.6. The molecule has 6 N–H and O–H groups in total. The van der Waals surface area contributed by atoms with E-state index in [4.69, 9.17) is 5.73 Å². The Bertz CT molecular complexity index is 844. The van der Waals surface area contributed by atoms with Crippen LogP contribution in [0, 0.1) is 0 Å². The first-order valence-electron chi connectivity index (χ1n) is 12.8. The number of rotatable bonds is 13. The van der Waals surface area contributed by atoms with Crippen LogP contribution in [0.25, 0.3) is 0 Å². The summed E-state index contributed by atoms with van der Waals surface area (Å²) in [6, 6.07) is 2.56. The fourth-order valence-corrected chi connectivity index (χ4v) is 4.48. The summed E-state index contributed by atoms with van der Waals surface area (Å²) in [7, 11) is 0. The normalized spacial score (nSPS) is 17.2. The molecule has 0 bridgehead atoms. The van der Waals surface area contributed by atoms with Gasteiger partial charge < -0.3 is 31.9 Å². The third-order valence-electron chi connectivity index (χ3n) is 6.35. The van der Waals surface area contributed by atoms with Gasteiger partial charge in [-0.1, -0.05) is 19.3 Å². The molecule has 1 aliphatic carbocycles. The molecule has 12 heteroatoms. The van der Waals surface area contributed by atoms with E-state index in [-0.39, 0.29) is 0 Å². The SMILES string of the molecule is Nc1cc(N2CCNCC2)nc(NCc2nnn(CCCNCCCNC3CCCCC3)n2)n1. The van der Waals surface area contributed by atoms with Crippen LogP contribution in [0.1, 0.15) is 50.8 Å². The number of anilines is 3. The number of hydrogen-bond acceptors (Lipinski definition) is 11. The van der Waals surface area contributed by atoms with E-state index in [0.29, 0.717) is 24.1 Å². The van der Waals surface area contributed by atoms with Crippen LogP contribution >= 0.6 is 0 Å². The third-order valence-corrected chi connectivity index (χ3v) is 6.35. The lowest BCUT2D eigenvalue weighted by molar-refractivity contribution is 0.370. The number of nitrogens with two attached hydrogens (primary N) is 1. The van der Waals surface area contributed by atoms with Crippen LogP contribution in [0.5, 0.6) is 0 Å². The lowest BCUT2D eigenvalue weighted by Gasteiger charge is -2.28. The van der Waals surface area contributed by atoms with Crippen molar-refractivity contribution in [1.29, 1.82) is 0 Å². The summed E-state index contributed by atoms with van der Waals surface area (Å²) in [4.78, 5) is 12.7. The maximum Gasteiger partial charge on any atom is 0.226 e. The van der Waals surface area contributed by atoms with Crippen molar-refractivity contribution in [2.75, 3.05) is 61.8 Å². The molecule has 2 aromatic rings. The van der Waals surface area contributed by atoms with Crippen LogP contribution in [0.15, 0.2) is 6.07 Å². The van der Waals surface area contributed by atoms with Crippen LogP contribution < -0.4 is 31.9 Å². The Labute approximate surface area is 201 Å². The van der Waals surface area contributed by atoms with Gasteiger partial charge in [-0.25, -0.2) is 0 Å². The molecule has 0 unspecified atom stereocenters. The number of nitrogens with one attached hydrogen (secondary N) is 4. The van der Waals surface area contributed by atoms with Crippen LogP contribution in [0.2, 0.25) is 0 Å². The molecule has 2 aromatic heterocycles. The topological polar surface area (TPSA) is 147 Å². The molecule has 4 rings (SSSR count). The van der Waals surface area contributed by atoms with Crippen LogP contribution in [0.4, 0.5) is 17.6 Å². The van der Waals surface area contributed by atoms with Gasteiger partial charge in [0.2, 0.25) is 5.95 Å². The van der Waals surface area contributed by atoms with E-state index in [2.05, 4.69) is 51.5 Å². The van der Waals surface area contributed by atoms with E-state index in [1.54, 1.807) is 4.80 Å². The molecule has 2 aliphatic rings. The second kappa shape index (κ2) is 13.4. The van der Waals surface area contributed by atoms with E-state index in [0.717, 1.165) is 77.1 Å². The molecule has 12 nitrogen and oxygen atoms in total. The fraction of sp³-hybridized carbons (Fsp3) is 0.773. The first-order valence-corrected chi connectivity index (χ1v) is 12.8. The fourth-order valence-electron chi connectivity index (χ4n) is 4.48. The Morgan fingerprint density at radius 2 is 1.85 bits per heavy atom. The second-order valence-corrected chi connectivity index (χ2v) is 9.11. The molecule has 3 heterocycles. The quantitative estimate of drug-likeness (QED) is 0.257. The minimum Gasteiger partial charge on any atom is -0.383 e. The van der Waals surface area contributed by atoms with Gasteiger partial charge in [0.05, 0.1) is 13.1 Å². The zero-order valence-corrected chi connectivity index (χ0v) is 20.2. The molecule has 0 atom stereocenters. The highest BCUT2D eigenvalue weighted by Crippen LogP contribution is 2.18. The zero-order valence-electron chi connectivity index (χ0n) is 20.2. The van der Waals surface area contributed by atoms with Gasteiger partial charge in [-0.15, -0.1) is 10.2 Å². The van der Waals surface area contributed by atoms with E-state index in [1.807, 2.05) is 6.07 Å². The van der Waals surface area contributed by atoms with E-state index in [9.17, 15) is 0 Å². The van der Waals surface area contributed by atoms with Gasteiger partial charge in [-0.3, -0.25) is 0 Å². The number of piperazine rings is 1. The van der Waals surface area contributed by atoms with E-state index >= 15 is 0 Å². The maximum absolute atomic E-state index is 5.99. The van der Waals surface area contributed by atoms with Crippen molar-refractivity contribution in [1.82, 2.24) is 46.1 Å². The Morgan fingerprint density at radius 3 is 2.71 bits per heavy atom. The summed E-state index contributed by atoms with van der Waals surface area (Å²) in [5.74, 6) is 2.37. The van der Waals surface area contributed by atoms with Crippen LogP contribution in [0.3, 0.4) is 0 Å². The molecule has 0 spiro atoms. The highest BCUT2D eigenvalue weighted by Gasteiger charge is 2.14. The summed E-state index contributed by atoms with van der Waals surface area (Å²) >= 11 is 0. The van der Waals surface area contributed by atoms with Gasteiger partial charge >= 0.3 is 0 Å². The van der Waals surface area contributed by atoms with Gasteiger partial charge in [-0.05, 0) is 50.5 Å².